The molecule has 0 aromatic rings. The highest BCUT2D eigenvalue weighted by Gasteiger charge is 2.08. The van der Waals surface area contributed by atoms with Gasteiger partial charge in [-0.25, -0.2) is 0 Å². The molecule has 1 aliphatic heterocycles. The first-order valence-electron chi connectivity index (χ1n) is 2.97. The summed E-state index contributed by atoms with van der Waals surface area (Å²) in [5.74, 6) is 0.692. The van der Waals surface area contributed by atoms with Crippen LogP contribution in [0.5, 0.6) is 0 Å². The van der Waals surface area contributed by atoms with Gasteiger partial charge in [-0.3, -0.25) is 5.01 Å². The van der Waals surface area contributed by atoms with Crippen LogP contribution < -0.4 is 5.53 Å². The van der Waals surface area contributed by atoms with Crippen LogP contribution in [-0.2, 0) is 0 Å². The van der Waals surface area contributed by atoms with Gasteiger partial charge in [-0.15, -0.1) is 5.11 Å². The molecule has 0 unspecified atom stereocenters. The lowest BCUT2D eigenvalue weighted by Crippen LogP contribution is -2.28. The highest BCUT2D eigenvalue weighted by atomic mass is 15.8. The van der Waals surface area contributed by atoms with Crippen molar-refractivity contribution in [1.82, 2.24) is 10.5 Å². The van der Waals surface area contributed by atoms with Gasteiger partial charge in [-0.05, 0) is 6.42 Å². The molecule has 0 radical (unpaired) electrons. The Hall–Kier alpha value is -1.06. The van der Waals surface area contributed by atoms with Gasteiger partial charge < -0.3 is 0 Å². The molecule has 0 saturated heterocycles. The Labute approximate surface area is 54.2 Å². The van der Waals surface area contributed by atoms with Gasteiger partial charge in [0, 0.05) is 6.54 Å². The molecule has 1 heterocycles. The minimum Gasteiger partial charge on any atom is -0.252 e. The number of nitrogens with zero attached hydrogens (tertiary/aromatic N) is 3. The van der Waals surface area contributed by atoms with Crippen LogP contribution in [0.25, 0.3) is 0 Å². The lowest BCUT2D eigenvalue weighted by atomic mass is 10.5. The second kappa shape index (κ2) is 2.48. The summed E-state index contributed by atoms with van der Waals surface area (Å²) in [5.41, 5.74) is 2.70. The van der Waals surface area contributed by atoms with Crippen LogP contribution in [0.2, 0.25) is 0 Å². The Kier molecular flexibility index (Phi) is 1.67. The molecule has 0 aromatic carbocycles. The fraction of sp³-hybridized carbons (Fsp3) is 0.600. The fourth-order valence-electron chi connectivity index (χ4n) is 0.648. The van der Waals surface area contributed by atoms with Crippen molar-refractivity contribution in [1.29, 1.82) is 0 Å². The third kappa shape index (κ3) is 1.19. The Balaban J connectivity index is 2.37. The highest BCUT2D eigenvalue weighted by Crippen LogP contribution is 2.06. The molecule has 50 valence electrons. The molecular weight excluding hydrogens is 116 g/mol. The third-order valence-electron chi connectivity index (χ3n) is 1.09. The zero-order valence-electron chi connectivity index (χ0n) is 5.46. The summed E-state index contributed by atoms with van der Waals surface area (Å²) in [7, 11) is 0. The first-order chi connectivity index (χ1) is 4.34. The molecule has 0 atom stereocenters. The first kappa shape index (κ1) is 6.07. The molecule has 1 N–H and O–H groups in total. The molecule has 0 aliphatic carbocycles. The SMILES string of the molecule is C=C1N=NNN1CCC. The zero-order chi connectivity index (χ0) is 6.69. The zero-order valence-corrected chi connectivity index (χ0v) is 5.46. The van der Waals surface area contributed by atoms with Crippen molar-refractivity contribution >= 4 is 0 Å². The molecule has 4 heteroatoms. The second-order valence-electron chi connectivity index (χ2n) is 1.87. The summed E-state index contributed by atoms with van der Waals surface area (Å²) in [4.78, 5) is 0. The molecule has 0 fully saturated rings. The van der Waals surface area contributed by atoms with Gasteiger partial charge in [0.15, 0.2) is 5.82 Å². The average molecular weight is 126 g/mol. The predicted molar refractivity (Wildman–Crippen MR) is 34.1 cm³/mol. The first-order valence-corrected chi connectivity index (χ1v) is 2.97. The van der Waals surface area contributed by atoms with Crippen molar-refractivity contribution in [3.63, 3.8) is 0 Å². The van der Waals surface area contributed by atoms with Gasteiger partial charge in [0.1, 0.15) is 0 Å². The molecule has 4 nitrogen and oxygen atoms in total. The number of rotatable bonds is 2. The lowest BCUT2D eigenvalue weighted by Gasteiger charge is -2.13. The minimum atomic E-state index is 0.692. The van der Waals surface area contributed by atoms with Crippen molar-refractivity contribution in [3.8, 4) is 0 Å². The van der Waals surface area contributed by atoms with Gasteiger partial charge >= 0.3 is 0 Å². The number of hydrogen-bond acceptors (Lipinski definition) is 4. The molecule has 1 aliphatic rings. The van der Waals surface area contributed by atoms with E-state index in [0.29, 0.717) is 5.82 Å². The molecule has 1 rings (SSSR count). The molecule has 9 heavy (non-hydrogen) atoms. The van der Waals surface area contributed by atoms with Crippen molar-refractivity contribution in [2.45, 2.75) is 13.3 Å². The van der Waals surface area contributed by atoms with E-state index in [1.165, 1.54) is 0 Å². The minimum absolute atomic E-state index is 0.692. The normalized spacial score (nSPS) is 16.6. The van der Waals surface area contributed by atoms with E-state index in [1.54, 1.807) is 5.01 Å². The van der Waals surface area contributed by atoms with E-state index in [9.17, 15) is 0 Å². The van der Waals surface area contributed by atoms with Crippen LogP contribution in [0.3, 0.4) is 0 Å². The van der Waals surface area contributed by atoms with E-state index in [1.807, 2.05) is 0 Å². The van der Waals surface area contributed by atoms with Crippen LogP contribution in [0.15, 0.2) is 22.7 Å². The predicted octanol–water partition coefficient (Wildman–Crippen LogP) is 1.05. The van der Waals surface area contributed by atoms with Crippen molar-refractivity contribution in [2.75, 3.05) is 6.54 Å². The topological polar surface area (TPSA) is 40.0 Å². The van der Waals surface area contributed by atoms with E-state index in [2.05, 4.69) is 29.4 Å². The Morgan fingerprint density at radius 2 is 2.56 bits per heavy atom. The van der Waals surface area contributed by atoms with Crippen molar-refractivity contribution < 1.29 is 0 Å². The fourth-order valence-corrected chi connectivity index (χ4v) is 0.648. The number of nitrogens with one attached hydrogen (secondary N) is 1. The maximum atomic E-state index is 3.68. The summed E-state index contributed by atoms with van der Waals surface area (Å²) >= 11 is 0. The van der Waals surface area contributed by atoms with Crippen LogP contribution in [0, 0.1) is 0 Å². The van der Waals surface area contributed by atoms with E-state index in [0.717, 1.165) is 13.0 Å². The molecule has 0 saturated carbocycles. The quantitative estimate of drug-likeness (QED) is 0.600. The van der Waals surface area contributed by atoms with Gasteiger partial charge in [0.2, 0.25) is 0 Å². The summed E-state index contributed by atoms with van der Waals surface area (Å²) in [6.07, 6.45) is 1.07. The molecule has 0 aromatic heterocycles. The molecular formula is C5H10N4. The highest BCUT2D eigenvalue weighted by molar-refractivity contribution is 4.89. The monoisotopic (exact) mass is 126 g/mol. The maximum Gasteiger partial charge on any atom is 0.165 e. The van der Waals surface area contributed by atoms with Gasteiger partial charge in [0.25, 0.3) is 0 Å². The van der Waals surface area contributed by atoms with E-state index in [-0.39, 0.29) is 0 Å². The average Bonchev–Trinajstić information content (AvgIpc) is 2.18. The van der Waals surface area contributed by atoms with Gasteiger partial charge in [0.05, 0.1) is 0 Å². The third-order valence-corrected chi connectivity index (χ3v) is 1.09. The Bertz CT molecular complexity index is 140. The summed E-state index contributed by atoms with van der Waals surface area (Å²) in [5, 5.41) is 9.05. The molecule has 0 amide bonds. The van der Waals surface area contributed by atoms with Crippen LogP contribution in [0.1, 0.15) is 13.3 Å². The largest absolute Gasteiger partial charge is 0.252 e. The van der Waals surface area contributed by atoms with Crippen molar-refractivity contribution in [3.05, 3.63) is 12.4 Å². The van der Waals surface area contributed by atoms with Gasteiger partial charge in [-0.1, -0.05) is 18.7 Å². The van der Waals surface area contributed by atoms with Crippen LogP contribution in [0.4, 0.5) is 0 Å². The number of hydrazine groups is 1. The summed E-state index contributed by atoms with van der Waals surface area (Å²) in [6, 6.07) is 0. The summed E-state index contributed by atoms with van der Waals surface area (Å²) < 4.78 is 0. The molecule has 0 bridgehead atoms. The number of hydrogen-bond donors (Lipinski definition) is 1. The van der Waals surface area contributed by atoms with Gasteiger partial charge in [-0.2, -0.15) is 5.53 Å². The molecule has 0 spiro atoms. The second-order valence-corrected chi connectivity index (χ2v) is 1.87. The van der Waals surface area contributed by atoms with Crippen LogP contribution >= 0.6 is 0 Å². The Morgan fingerprint density at radius 3 is 3.00 bits per heavy atom. The van der Waals surface area contributed by atoms with E-state index in [4.69, 9.17) is 0 Å². The van der Waals surface area contributed by atoms with Crippen molar-refractivity contribution in [2.24, 2.45) is 10.3 Å². The van der Waals surface area contributed by atoms with Crippen LogP contribution in [-0.4, -0.2) is 11.6 Å². The van der Waals surface area contributed by atoms with E-state index < -0.39 is 0 Å². The van der Waals surface area contributed by atoms with E-state index >= 15 is 0 Å². The maximum absolute atomic E-state index is 3.68. The Morgan fingerprint density at radius 1 is 1.78 bits per heavy atom. The smallest absolute Gasteiger partial charge is 0.165 e. The lowest BCUT2D eigenvalue weighted by molar-refractivity contribution is 0.283. The summed E-state index contributed by atoms with van der Waals surface area (Å²) in [6.45, 7) is 6.66. The standard InChI is InChI=1S/C5H10N4/c1-3-4-9-5(2)6-7-8-9/h2-4H2,1H3,(H,6,8).